The number of hydrogen-bond donors (Lipinski definition) is 2. The van der Waals surface area contributed by atoms with Crippen LogP contribution in [0.1, 0.15) is 219 Å². The number of anilines is 2. The van der Waals surface area contributed by atoms with Gasteiger partial charge in [-0.15, -0.1) is 11.5 Å². The molecule has 7 heteroatoms. The van der Waals surface area contributed by atoms with Gasteiger partial charge in [0.25, 0.3) is 0 Å². The molecule has 0 unspecified atom stereocenters. The van der Waals surface area contributed by atoms with Crippen molar-refractivity contribution in [2.75, 3.05) is 10.6 Å². The minimum atomic E-state index is -0.0320. The van der Waals surface area contributed by atoms with Crippen LogP contribution in [0.4, 0.5) is 11.4 Å². The van der Waals surface area contributed by atoms with Gasteiger partial charge in [-0.05, 0) is 37.1 Å². The van der Waals surface area contributed by atoms with Crippen molar-refractivity contribution in [1.82, 2.24) is 0 Å². The van der Waals surface area contributed by atoms with Gasteiger partial charge >= 0.3 is 37.7 Å². The Morgan fingerprint density at radius 3 is 0.782 bits per heavy atom. The van der Waals surface area contributed by atoms with Gasteiger partial charge in [0.05, 0.1) is 0 Å². The van der Waals surface area contributed by atoms with E-state index in [0.29, 0.717) is 24.2 Å². The topological polar surface area (TPSA) is 104 Å². The van der Waals surface area contributed by atoms with Gasteiger partial charge in [0.15, 0.2) is 0 Å². The van der Waals surface area contributed by atoms with Crippen LogP contribution < -0.4 is 20.8 Å². The molecule has 2 amide bonds. The number of nitrogens with one attached hydrogen (secondary N) is 2. The van der Waals surface area contributed by atoms with Gasteiger partial charge in [-0.25, -0.2) is 0 Å². The Labute approximate surface area is 368 Å². The molecular formula is C48H80CaN2O4. The summed E-state index contributed by atoms with van der Waals surface area (Å²) in [5, 5.41) is 27.7. The van der Waals surface area contributed by atoms with Crippen LogP contribution in [0.5, 0.6) is 11.5 Å². The third-order valence-electron chi connectivity index (χ3n) is 10.3. The first-order valence-corrected chi connectivity index (χ1v) is 22.6. The average molecular weight is 789 g/mol. The fourth-order valence-electron chi connectivity index (χ4n) is 6.84. The molecule has 308 valence electrons. The predicted octanol–water partition coefficient (Wildman–Crippen LogP) is 13.5. The summed E-state index contributed by atoms with van der Waals surface area (Å²) in [7, 11) is 0. The molecule has 0 aliphatic heterocycles. The van der Waals surface area contributed by atoms with E-state index in [1.165, 1.54) is 191 Å². The molecule has 55 heavy (non-hydrogen) atoms. The van der Waals surface area contributed by atoms with Crippen molar-refractivity contribution in [3.8, 4) is 11.5 Å². The van der Waals surface area contributed by atoms with Crippen LogP contribution >= 0.6 is 0 Å². The van der Waals surface area contributed by atoms with E-state index in [9.17, 15) is 19.8 Å². The molecule has 2 aromatic rings. The van der Waals surface area contributed by atoms with E-state index in [2.05, 4.69) is 24.5 Å². The summed E-state index contributed by atoms with van der Waals surface area (Å²) in [5.41, 5.74) is 1.42. The molecule has 2 N–H and O–H groups in total. The van der Waals surface area contributed by atoms with Crippen LogP contribution in [0.2, 0.25) is 0 Å². The first-order valence-electron chi connectivity index (χ1n) is 22.6. The molecule has 2 rings (SSSR count). The predicted molar refractivity (Wildman–Crippen MR) is 234 cm³/mol. The maximum Gasteiger partial charge on any atom is 2.00 e. The summed E-state index contributed by atoms with van der Waals surface area (Å²) < 4.78 is 0. The van der Waals surface area contributed by atoms with E-state index in [1.54, 1.807) is 24.3 Å². The number of carbonyl (C=O) groups excluding carboxylic acids is 2. The van der Waals surface area contributed by atoms with Crippen LogP contribution in [-0.4, -0.2) is 49.6 Å². The number of rotatable bonds is 34. The number of unbranched alkanes of at least 4 members (excludes halogenated alkanes) is 28. The van der Waals surface area contributed by atoms with Crippen molar-refractivity contribution in [3.05, 3.63) is 48.5 Å². The number of hydrogen-bond acceptors (Lipinski definition) is 4. The molecule has 6 nitrogen and oxygen atoms in total. The van der Waals surface area contributed by atoms with E-state index >= 15 is 0 Å². The Morgan fingerprint density at radius 2 is 0.564 bits per heavy atom. The number of benzene rings is 2. The molecule has 0 aliphatic rings. The summed E-state index contributed by atoms with van der Waals surface area (Å²) in [6.45, 7) is 4.54. The molecule has 0 saturated carbocycles. The quantitative estimate of drug-likeness (QED) is 0.0544. The Hall–Kier alpha value is -1.76. The molecule has 0 spiro atoms. The summed E-state index contributed by atoms with van der Waals surface area (Å²) >= 11 is 0. The molecule has 0 atom stereocenters. The van der Waals surface area contributed by atoms with Crippen molar-refractivity contribution in [2.45, 2.75) is 219 Å². The molecule has 0 saturated heterocycles. The van der Waals surface area contributed by atoms with Gasteiger partial charge in [-0.2, -0.15) is 0 Å². The van der Waals surface area contributed by atoms with Crippen LogP contribution in [0, 0.1) is 0 Å². The van der Waals surface area contributed by atoms with Gasteiger partial charge < -0.3 is 20.8 Å². The SMILES string of the molecule is CCCCCCCCCCCCCCCCCC(=O)Nc1ccc([O-])cc1.CCCCCCCCCCCCCCCCCC(=O)Nc1ccc([O-])cc1.[Ca+2]. The Morgan fingerprint density at radius 1 is 0.364 bits per heavy atom. The molecule has 0 heterocycles. The molecule has 0 bridgehead atoms. The van der Waals surface area contributed by atoms with Gasteiger partial charge in [-0.1, -0.05) is 218 Å². The van der Waals surface area contributed by atoms with Crippen LogP contribution in [0.25, 0.3) is 0 Å². The molecule has 2 aromatic carbocycles. The molecule has 0 aliphatic carbocycles. The van der Waals surface area contributed by atoms with E-state index < -0.39 is 0 Å². The van der Waals surface area contributed by atoms with E-state index in [4.69, 9.17) is 0 Å². The monoisotopic (exact) mass is 789 g/mol. The zero-order valence-electron chi connectivity index (χ0n) is 35.6. The smallest absolute Gasteiger partial charge is 0.872 e. The maximum absolute atomic E-state index is 11.8. The van der Waals surface area contributed by atoms with Crippen LogP contribution in [-0.2, 0) is 9.59 Å². The number of carbonyl (C=O) groups is 2. The second-order valence-electron chi connectivity index (χ2n) is 15.5. The zero-order valence-corrected chi connectivity index (χ0v) is 37.8. The van der Waals surface area contributed by atoms with E-state index in [0.717, 1.165) is 25.7 Å². The molecule has 0 fully saturated rings. The number of amides is 2. The van der Waals surface area contributed by atoms with Crippen molar-refractivity contribution in [1.29, 1.82) is 0 Å². The van der Waals surface area contributed by atoms with Crippen molar-refractivity contribution >= 4 is 60.9 Å². The van der Waals surface area contributed by atoms with Crippen molar-refractivity contribution in [3.63, 3.8) is 0 Å². The normalized spacial score (nSPS) is 10.7. The minimum Gasteiger partial charge on any atom is -0.872 e. The summed E-state index contributed by atoms with van der Waals surface area (Å²) in [5.74, 6) is 0.0255. The summed E-state index contributed by atoms with van der Waals surface area (Å²) in [6, 6.07) is 12.5. The maximum atomic E-state index is 11.8. The second kappa shape index (κ2) is 40.4. The first kappa shape index (κ1) is 53.2. The fraction of sp³-hybridized carbons (Fsp3) is 0.708. The fourth-order valence-corrected chi connectivity index (χ4v) is 6.84. The van der Waals surface area contributed by atoms with E-state index in [-0.39, 0.29) is 61.1 Å². The van der Waals surface area contributed by atoms with E-state index in [1.807, 2.05) is 0 Å². The van der Waals surface area contributed by atoms with Crippen molar-refractivity contribution < 1.29 is 19.8 Å². The first-order chi connectivity index (χ1) is 26.4. The molecule has 0 radical (unpaired) electrons. The van der Waals surface area contributed by atoms with Crippen molar-refractivity contribution in [2.24, 2.45) is 0 Å². The Bertz CT molecular complexity index is 1040. The molecular weight excluding hydrogens is 709 g/mol. The van der Waals surface area contributed by atoms with Gasteiger partial charge in [0.2, 0.25) is 11.8 Å². The van der Waals surface area contributed by atoms with Crippen LogP contribution in [0.15, 0.2) is 48.5 Å². The third kappa shape index (κ3) is 36.3. The second-order valence-corrected chi connectivity index (χ2v) is 15.5. The Balaban J connectivity index is 0.00000104. The Kier molecular flexibility index (Phi) is 39.1. The summed E-state index contributed by atoms with van der Waals surface area (Å²) in [4.78, 5) is 23.7. The van der Waals surface area contributed by atoms with Gasteiger partial charge in [0, 0.05) is 24.2 Å². The van der Waals surface area contributed by atoms with Gasteiger partial charge in [-0.3, -0.25) is 9.59 Å². The average Bonchev–Trinajstić information content (AvgIpc) is 3.17. The standard InChI is InChI=1S/2C24H41NO2.Ca/c2*1-2-3-4-5-6-7-8-9-10-11-12-13-14-15-16-17-24(27)25-22-18-20-23(26)21-19-22;/h2*18-21,26H,2-17H2,1H3,(H,25,27);/q;;+2/p-2. The van der Waals surface area contributed by atoms with Gasteiger partial charge in [0.1, 0.15) is 0 Å². The minimum absolute atomic E-state index is 0. The van der Waals surface area contributed by atoms with Crippen LogP contribution in [0.3, 0.4) is 0 Å². The summed E-state index contributed by atoms with van der Waals surface area (Å²) in [6.07, 6.45) is 41.1. The largest absolute Gasteiger partial charge is 2.00 e. The molecule has 0 aromatic heterocycles. The zero-order chi connectivity index (χ0) is 39.2. The third-order valence-corrected chi connectivity index (χ3v) is 10.3.